The highest BCUT2D eigenvalue weighted by atomic mass is 32.2. The molecule has 0 aromatic carbocycles. The van der Waals surface area contributed by atoms with E-state index in [1.807, 2.05) is 0 Å². The quantitative estimate of drug-likeness (QED) is 0.926. The van der Waals surface area contributed by atoms with Crippen LogP contribution in [0.15, 0.2) is 36.2 Å². The second-order valence-corrected chi connectivity index (χ2v) is 6.13. The highest BCUT2D eigenvalue weighted by molar-refractivity contribution is 8.00. The maximum absolute atomic E-state index is 13.1. The van der Waals surface area contributed by atoms with E-state index in [4.69, 9.17) is 0 Å². The topological polar surface area (TPSA) is 45.5 Å². The molecule has 8 heteroatoms. The van der Waals surface area contributed by atoms with E-state index in [1.54, 1.807) is 19.1 Å². The number of amides is 1. The Morgan fingerprint density at radius 3 is 2.43 bits per heavy atom. The molecule has 2 rings (SSSR count). The summed E-state index contributed by atoms with van der Waals surface area (Å²) < 4.78 is 40.7. The van der Waals surface area contributed by atoms with Gasteiger partial charge in [0.25, 0.3) is 5.91 Å². The molecule has 4 nitrogen and oxygen atoms in total. The van der Waals surface area contributed by atoms with E-state index in [0.717, 1.165) is 11.1 Å². The van der Waals surface area contributed by atoms with Crippen molar-refractivity contribution in [2.24, 2.45) is 0 Å². The molecule has 116 valence electrons. The first-order valence-electron chi connectivity index (χ1n) is 6.29. The Morgan fingerprint density at radius 1 is 1.38 bits per heavy atom. The molecular weight excluding hydrogens is 305 g/mol. The summed E-state index contributed by atoms with van der Waals surface area (Å²) in [6.45, 7) is 2.87. The lowest BCUT2D eigenvalue weighted by molar-refractivity contribution is -0.130. The average molecular weight is 320 g/mol. The molecule has 2 heterocycles. The summed E-state index contributed by atoms with van der Waals surface area (Å²) in [5.41, 5.74) is -2.24. The van der Waals surface area contributed by atoms with Crippen molar-refractivity contribution >= 4 is 17.7 Å². The molecule has 1 amide bonds. The van der Waals surface area contributed by atoms with Crippen molar-refractivity contribution in [1.82, 2.24) is 4.68 Å². The fraction of sp³-hybridized carbons (Fsp3) is 0.462. The van der Waals surface area contributed by atoms with Crippen LogP contribution in [0, 0.1) is 0 Å². The van der Waals surface area contributed by atoms with Crippen LogP contribution < -0.4 is 5.01 Å². The number of thioether (sulfide) groups is 1. The number of aromatic nitrogens is 1. The predicted molar refractivity (Wildman–Crippen MR) is 74.3 cm³/mol. The van der Waals surface area contributed by atoms with E-state index in [0.29, 0.717) is 11.8 Å². The van der Waals surface area contributed by atoms with Gasteiger partial charge >= 0.3 is 6.18 Å². The molecule has 2 unspecified atom stereocenters. The highest BCUT2D eigenvalue weighted by Gasteiger charge is 2.51. The van der Waals surface area contributed by atoms with Crippen LogP contribution in [0.3, 0.4) is 0 Å². The zero-order valence-corrected chi connectivity index (χ0v) is 12.3. The number of carbonyl (C=O) groups excluding carboxylic acids is 1. The van der Waals surface area contributed by atoms with Gasteiger partial charge in [0, 0.05) is 18.0 Å². The lowest BCUT2D eigenvalue weighted by Gasteiger charge is -2.30. The van der Waals surface area contributed by atoms with E-state index in [2.05, 4.69) is 0 Å². The first-order chi connectivity index (χ1) is 9.68. The Hall–Kier alpha value is -1.41. The molecule has 1 aromatic rings. The summed E-state index contributed by atoms with van der Waals surface area (Å²) in [5.74, 6) is -0.639. The van der Waals surface area contributed by atoms with Crippen molar-refractivity contribution < 1.29 is 23.1 Å². The molecule has 0 fully saturated rings. The predicted octanol–water partition coefficient (Wildman–Crippen LogP) is 2.29. The number of alkyl halides is 3. The molecular formula is C13H15F3N2O2S. The fourth-order valence-corrected chi connectivity index (χ4v) is 3.13. The lowest BCUT2D eigenvalue weighted by atomic mass is 10.1. The zero-order valence-electron chi connectivity index (χ0n) is 11.5. The van der Waals surface area contributed by atoms with Gasteiger partial charge < -0.3 is 5.11 Å². The van der Waals surface area contributed by atoms with Crippen LogP contribution in [-0.4, -0.2) is 38.6 Å². The number of hydrogen-bond acceptors (Lipinski definition) is 3. The van der Waals surface area contributed by atoms with Gasteiger partial charge in [0.05, 0.1) is 0 Å². The third-order valence-corrected chi connectivity index (χ3v) is 4.22. The second kappa shape index (κ2) is 5.42. The standard InChI is InChI=1S/C13H15F3N2O2S/c1-3-21-10(13(14,15)16)9-8-12(2,20)18(11(9)19)17-6-4-5-7-17/h4-8,10,20H,3H2,1-2H3. The maximum atomic E-state index is 13.1. The molecule has 1 aromatic heterocycles. The van der Waals surface area contributed by atoms with Crippen molar-refractivity contribution in [3.63, 3.8) is 0 Å². The minimum atomic E-state index is -4.55. The van der Waals surface area contributed by atoms with Gasteiger partial charge in [-0.3, -0.25) is 9.47 Å². The summed E-state index contributed by atoms with van der Waals surface area (Å²) in [6.07, 6.45) is -0.599. The SMILES string of the molecule is CCSC(C1=CC(C)(O)N(n2cccc2)C1=O)C(F)(F)F. The van der Waals surface area contributed by atoms with Crippen LogP contribution >= 0.6 is 11.8 Å². The van der Waals surface area contributed by atoms with Crippen molar-refractivity contribution in [1.29, 1.82) is 0 Å². The minimum Gasteiger partial charge on any atom is -0.366 e. The normalized spacial score (nSPS) is 24.4. The van der Waals surface area contributed by atoms with E-state index in [9.17, 15) is 23.1 Å². The number of aliphatic hydroxyl groups is 1. The van der Waals surface area contributed by atoms with Gasteiger partial charge in [0.15, 0.2) is 5.72 Å². The zero-order chi connectivity index (χ0) is 15.8. The summed E-state index contributed by atoms with van der Waals surface area (Å²) in [7, 11) is 0. The van der Waals surface area contributed by atoms with Gasteiger partial charge in [0.1, 0.15) is 5.25 Å². The number of halogens is 3. The molecule has 21 heavy (non-hydrogen) atoms. The highest BCUT2D eigenvalue weighted by Crippen LogP contribution is 2.40. The van der Waals surface area contributed by atoms with Crippen LogP contribution in [0.2, 0.25) is 0 Å². The maximum Gasteiger partial charge on any atom is 0.404 e. The molecule has 0 bridgehead atoms. The van der Waals surface area contributed by atoms with E-state index < -0.39 is 28.6 Å². The number of hydrogen-bond donors (Lipinski definition) is 1. The van der Waals surface area contributed by atoms with Gasteiger partial charge in [-0.05, 0) is 30.9 Å². The summed E-state index contributed by atoms with van der Waals surface area (Å²) in [6, 6.07) is 3.23. The Labute approximate surface area is 124 Å². The van der Waals surface area contributed by atoms with Crippen LogP contribution in [0.4, 0.5) is 13.2 Å². The second-order valence-electron chi connectivity index (χ2n) is 4.75. The van der Waals surface area contributed by atoms with Gasteiger partial charge in [-0.25, -0.2) is 5.01 Å². The fourth-order valence-electron chi connectivity index (χ4n) is 2.26. The Balaban J connectivity index is 2.40. The molecule has 0 aliphatic carbocycles. The van der Waals surface area contributed by atoms with E-state index in [1.165, 1.54) is 24.0 Å². The largest absolute Gasteiger partial charge is 0.404 e. The third-order valence-electron chi connectivity index (χ3n) is 3.03. The number of rotatable bonds is 4. The van der Waals surface area contributed by atoms with E-state index in [-0.39, 0.29) is 5.75 Å². The van der Waals surface area contributed by atoms with Crippen molar-refractivity contribution in [3.05, 3.63) is 36.2 Å². The lowest BCUT2D eigenvalue weighted by Crippen LogP contribution is -2.51. The molecule has 1 aliphatic rings. The van der Waals surface area contributed by atoms with Crippen LogP contribution in [-0.2, 0) is 4.79 Å². The minimum absolute atomic E-state index is 0.209. The smallest absolute Gasteiger partial charge is 0.366 e. The van der Waals surface area contributed by atoms with Crippen LogP contribution in [0.1, 0.15) is 13.8 Å². The Bertz CT molecular complexity index is 552. The number of carbonyl (C=O) groups is 1. The average Bonchev–Trinajstić information content (AvgIpc) is 2.91. The van der Waals surface area contributed by atoms with Gasteiger partial charge in [-0.2, -0.15) is 13.2 Å². The number of nitrogens with zero attached hydrogens (tertiary/aromatic N) is 2. The van der Waals surface area contributed by atoms with Gasteiger partial charge in [-0.1, -0.05) is 6.92 Å². The third kappa shape index (κ3) is 2.96. The molecule has 0 spiro atoms. The summed E-state index contributed by atoms with van der Waals surface area (Å²) in [5, 5.41) is 9.24. The van der Waals surface area contributed by atoms with Gasteiger partial charge in [-0.15, -0.1) is 11.8 Å². The first kappa shape index (κ1) is 16.0. The van der Waals surface area contributed by atoms with Crippen molar-refractivity contribution in [3.8, 4) is 0 Å². The molecule has 2 atom stereocenters. The van der Waals surface area contributed by atoms with Crippen molar-refractivity contribution in [2.45, 2.75) is 31.0 Å². The van der Waals surface area contributed by atoms with Crippen molar-refractivity contribution in [2.75, 3.05) is 10.8 Å². The van der Waals surface area contributed by atoms with E-state index >= 15 is 0 Å². The Morgan fingerprint density at radius 2 is 1.95 bits per heavy atom. The molecule has 1 aliphatic heterocycles. The summed E-state index contributed by atoms with van der Waals surface area (Å²) >= 11 is 0.623. The van der Waals surface area contributed by atoms with Crippen LogP contribution in [0.5, 0.6) is 0 Å². The molecule has 0 radical (unpaired) electrons. The van der Waals surface area contributed by atoms with Gasteiger partial charge in [0.2, 0.25) is 0 Å². The first-order valence-corrected chi connectivity index (χ1v) is 7.34. The summed E-state index contributed by atoms with van der Waals surface area (Å²) in [4.78, 5) is 12.3. The Kier molecular flexibility index (Phi) is 4.12. The monoisotopic (exact) mass is 320 g/mol. The molecule has 0 saturated carbocycles. The molecule has 1 N–H and O–H groups in total. The molecule has 0 saturated heterocycles. The van der Waals surface area contributed by atoms with Crippen LogP contribution in [0.25, 0.3) is 0 Å².